The Morgan fingerprint density at radius 2 is 1.18 bits per heavy atom. The zero-order chi connectivity index (χ0) is 27.9. The van der Waals surface area contributed by atoms with Gasteiger partial charge in [-0.1, -0.05) is 0 Å². The van der Waals surface area contributed by atoms with Crippen LogP contribution in [0.2, 0.25) is 0 Å². The molecule has 38 heavy (non-hydrogen) atoms. The smallest absolute Gasteiger partial charge is 0.420 e. The number of hydrogen-bond acceptors (Lipinski definition) is 13. The van der Waals surface area contributed by atoms with E-state index >= 15 is 0 Å². The monoisotopic (exact) mass is 549 g/mol. The van der Waals surface area contributed by atoms with Gasteiger partial charge in [0, 0.05) is 54.6 Å². The van der Waals surface area contributed by atoms with Crippen LogP contribution >= 0.6 is 0 Å². The predicted molar refractivity (Wildman–Crippen MR) is 132 cm³/mol. The van der Waals surface area contributed by atoms with E-state index in [1.54, 1.807) is 9.80 Å². The van der Waals surface area contributed by atoms with Crippen LogP contribution in [0.25, 0.3) is 11.0 Å². The van der Waals surface area contributed by atoms with Crippen molar-refractivity contribution in [3.05, 3.63) is 0 Å². The van der Waals surface area contributed by atoms with Crippen molar-refractivity contribution in [2.24, 2.45) is 0 Å². The Kier molecular flexibility index (Phi) is 10.1. The number of halogens is 3. The van der Waals surface area contributed by atoms with Crippen molar-refractivity contribution >= 4 is 28.7 Å². The van der Waals surface area contributed by atoms with Gasteiger partial charge in [0.2, 0.25) is 17.8 Å². The average molecular weight is 550 g/mol. The van der Waals surface area contributed by atoms with Gasteiger partial charge in [-0.25, -0.2) is 9.97 Å². The summed E-state index contributed by atoms with van der Waals surface area (Å²) in [4.78, 5) is 22.4. The Hall–Kier alpha value is -2.79. The van der Waals surface area contributed by atoms with E-state index in [9.17, 15) is 23.4 Å². The Morgan fingerprint density at radius 1 is 0.763 bits per heavy atom. The van der Waals surface area contributed by atoms with Gasteiger partial charge in [0.05, 0.1) is 39.5 Å². The first-order valence-electron chi connectivity index (χ1n) is 11.9. The third-order valence-corrected chi connectivity index (χ3v) is 6.04. The van der Waals surface area contributed by atoms with E-state index in [4.69, 9.17) is 18.9 Å². The number of hydrogen-bond donors (Lipinski definition) is 2. The van der Waals surface area contributed by atoms with Gasteiger partial charge in [0.1, 0.15) is 5.52 Å². The maximum absolute atomic E-state index is 13.4. The molecule has 0 unspecified atom stereocenters. The Labute approximate surface area is 218 Å². The molecule has 1 aliphatic rings. The van der Waals surface area contributed by atoms with E-state index in [-0.39, 0.29) is 28.7 Å². The fourth-order valence-corrected chi connectivity index (χ4v) is 3.81. The van der Waals surface area contributed by atoms with Crippen molar-refractivity contribution < 1.29 is 42.3 Å². The molecule has 1 saturated heterocycles. The Bertz CT molecular complexity index is 1040. The third-order valence-electron chi connectivity index (χ3n) is 6.04. The van der Waals surface area contributed by atoms with Gasteiger partial charge in [-0.2, -0.15) is 23.1 Å². The molecule has 0 spiro atoms. The first-order valence-corrected chi connectivity index (χ1v) is 11.9. The Morgan fingerprint density at radius 3 is 1.61 bits per heavy atom. The van der Waals surface area contributed by atoms with E-state index in [1.807, 2.05) is 0 Å². The van der Waals surface area contributed by atoms with Crippen LogP contribution in [0.4, 0.5) is 30.9 Å². The van der Waals surface area contributed by atoms with Crippen LogP contribution in [-0.2, 0) is 18.9 Å². The van der Waals surface area contributed by atoms with Crippen LogP contribution in [0.1, 0.15) is 0 Å². The zero-order valence-electron chi connectivity index (χ0n) is 21.9. The first kappa shape index (κ1) is 29.8. The third kappa shape index (κ3) is 6.61. The van der Waals surface area contributed by atoms with Crippen LogP contribution in [0.5, 0.6) is 5.88 Å². The maximum Gasteiger partial charge on any atom is 0.420 e. The van der Waals surface area contributed by atoms with Crippen molar-refractivity contribution in [2.45, 2.75) is 11.8 Å². The topological polar surface area (TPSA) is 139 Å². The molecular weight excluding hydrogens is 515 g/mol. The van der Waals surface area contributed by atoms with Crippen molar-refractivity contribution in [3.63, 3.8) is 0 Å². The molecule has 0 aliphatic carbocycles. The van der Waals surface area contributed by atoms with Gasteiger partial charge in [-0.3, -0.25) is 0 Å². The summed E-state index contributed by atoms with van der Waals surface area (Å²) < 4.78 is 60.8. The molecule has 0 bridgehead atoms. The van der Waals surface area contributed by atoms with Crippen LogP contribution in [0.15, 0.2) is 0 Å². The number of ether oxygens (including phenoxy) is 4. The molecule has 16 heteroatoms. The quantitative estimate of drug-likeness (QED) is 0.318. The van der Waals surface area contributed by atoms with E-state index in [2.05, 4.69) is 19.9 Å². The summed E-state index contributed by atoms with van der Waals surface area (Å²) in [5.74, 6) is -0.230. The van der Waals surface area contributed by atoms with Crippen LogP contribution in [0.3, 0.4) is 0 Å². The highest BCUT2D eigenvalue weighted by atomic mass is 19.4. The summed E-state index contributed by atoms with van der Waals surface area (Å²) in [6.45, 7) is 1.18. The molecule has 214 valence electrons. The standard InChI is InChI=1S/C22H34F3N7O6/c1-35-9-5-30(6-10-36-2)19-27-16-15(17(28-19)32-13-21(34,14-32)22(23,24)25)26-20(29-18(16)33)31(7-11-37-3)8-12-38-4/h34H,5-14H2,1-4H3,(H,26,29,33). The molecule has 0 saturated carbocycles. The second kappa shape index (κ2) is 12.8. The molecule has 0 atom stereocenters. The van der Waals surface area contributed by atoms with E-state index < -0.39 is 30.7 Å². The van der Waals surface area contributed by atoms with E-state index in [0.29, 0.717) is 52.6 Å². The summed E-state index contributed by atoms with van der Waals surface area (Å²) in [5, 5.41) is 21.0. The highest BCUT2D eigenvalue weighted by Gasteiger charge is 2.61. The summed E-state index contributed by atoms with van der Waals surface area (Å²) in [5.41, 5.74) is -2.90. The molecule has 3 rings (SSSR count). The van der Waals surface area contributed by atoms with Gasteiger partial charge >= 0.3 is 6.18 Å². The van der Waals surface area contributed by atoms with Crippen LogP contribution in [-0.4, -0.2) is 136 Å². The maximum atomic E-state index is 13.4. The van der Waals surface area contributed by atoms with Gasteiger partial charge in [0.25, 0.3) is 0 Å². The minimum Gasteiger partial charge on any atom is -0.492 e. The molecular formula is C22H34F3N7O6. The van der Waals surface area contributed by atoms with Crippen molar-refractivity contribution in [3.8, 4) is 5.88 Å². The molecule has 1 aliphatic heterocycles. The minimum absolute atomic E-state index is 0.0242. The van der Waals surface area contributed by atoms with Crippen LogP contribution < -0.4 is 14.7 Å². The predicted octanol–water partition coefficient (Wildman–Crippen LogP) is 0.437. The van der Waals surface area contributed by atoms with E-state index in [1.165, 1.54) is 33.3 Å². The van der Waals surface area contributed by atoms with Crippen LogP contribution in [0, 0.1) is 0 Å². The fourth-order valence-electron chi connectivity index (χ4n) is 3.81. The van der Waals surface area contributed by atoms with Gasteiger partial charge < -0.3 is 43.9 Å². The highest BCUT2D eigenvalue weighted by molar-refractivity contribution is 5.91. The second-order valence-corrected chi connectivity index (χ2v) is 8.72. The summed E-state index contributed by atoms with van der Waals surface area (Å²) in [6, 6.07) is 0. The summed E-state index contributed by atoms with van der Waals surface area (Å²) in [7, 11) is 6.12. The van der Waals surface area contributed by atoms with Gasteiger partial charge in [-0.05, 0) is 0 Å². The molecule has 1 fully saturated rings. The normalized spacial score (nSPS) is 15.1. The van der Waals surface area contributed by atoms with Crippen molar-refractivity contribution in [1.82, 2.24) is 19.9 Å². The lowest BCUT2D eigenvalue weighted by atomic mass is 9.93. The molecule has 0 radical (unpaired) electrons. The Balaban J connectivity index is 2.12. The number of anilines is 3. The van der Waals surface area contributed by atoms with Crippen molar-refractivity contribution in [2.75, 3.05) is 109 Å². The molecule has 0 aromatic carbocycles. The molecule has 2 aromatic rings. The van der Waals surface area contributed by atoms with Gasteiger partial charge in [0.15, 0.2) is 16.9 Å². The number of nitrogens with zero attached hydrogens (tertiary/aromatic N) is 7. The number of alkyl halides is 3. The number of rotatable bonds is 15. The minimum atomic E-state index is -4.82. The molecule has 13 nitrogen and oxygen atoms in total. The summed E-state index contributed by atoms with van der Waals surface area (Å²) in [6.07, 6.45) is -4.82. The second-order valence-electron chi connectivity index (χ2n) is 8.72. The first-order chi connectivity index (χ1) is 18.1. The highest BCUT2D eigenvalue weighted by Crippen LogP contribution is 2.42. The lowest BCUT2D eigenvalue weighted by Crippen LogP contribution is -2.69. The molecule has 3 heterocycles. The SMILES string of the molecule is COCCN(CCOC)c1nc(N2CC(O)(C(F)(F)F)C2)c2nc(N(CCOC)CCOC)nc(O)c2n1. The molecule has 2 aromatic heterocycles. The summed E-state index contributed by atoms with van der Waals surface area (Å²) >= 11 is 0. The van der Waals surface area contributed by atoms with E-state index in [0.717, 1.165) is 0 Å². The number of β-amino-alcohol motifs (C(OH)–C–C–N with tert-alkyl or cyclic N) is 1. The molecule has 2 N–H and O–H groups in total. The number of aromatic hydroxyl groups is 1. The van der Waals surface area contributed by atoms with Crippen molar-refractivity contribution in [1.29, 1.82) is 0 Å². The zero-order valence-corrected chi connectivity index (χ0v) is 21.9. The lowest BCUT2D eigenvalue weighted by molar-refractivity contribution is -0.267. The number of fused-ring (bicyclic) bond motifs is 1. The van der Waals surface area contributed by atoms with Gasteiger partial charge in [-0.15, -0.1) is 0 Å². The lowest BCUT2D eigenvalue weighted by Gasteiger charge is -2.47. The average Bonchev–Trinajstić information content (AvgIpc) is 2.86. The number of aliphatic hydroxyl groups is 1. The number of methoxy groups -OCH3 is 4. The fraction of sp³-hybridized carbons (Fsp3) is 0.727. The number of aromatic nitrogens is 4. The largest absolute Gasteiger partial charge is 0.492 e. The molecule has 0 amide bonds.